The van der Waals surface area contributed by atoms with Gasteiger partial charge in [0.1, 0.15) is 0 Å². The predicted octanol–water partition coefficient (Wildman–Crippen LogP) is 5.18. The zero-order valence-corrected chi connectivity index (χ0v) is 17.7. The molecule has 0 radical (unpaired) electrons. The van der Waals surface area contributed by atoms with Gasteiger partial charge in [0.15, 0.2) is 9.84 Å². The number of nitriles is 1. The summed E-state index contributed by atoms with van der Waals surface area (Å²) in [5, 5.41) is 18.3. The van der Waals surface area contributed by atoms with Crippen molar-refractivity contribution in [2.45, 2.75) is 36.6 Å². The monoisotopic (exact) mass is 461 g/mol. The highest BCUT2D eigenvalue weighted by Crippen LogP contribution is 2.36. The van der Waals surface area contributed by atoms with E-state index in [2.05, 4.69) is 0 Å². The maximum Gasteiger partial charge on any atom is 0.416 e. The van der Waals surface area contributed by atoms with Crippen LogP contribution in [0.3, 0.4) is 0 Å². The molecule has 32 heavy (non-hydrogen) atoms. The first kappa shape index (κ1) is 23.3. The Balaban J connectivity index is 2.12. The fourth-order valence-corrected chi connectivity index (χ4v) is 5.26. The third-order valence-corrected chi connectivity index (χ3v) is 6.91. The average molecular weight is 461 g/mol. The van der Waals surface area contributed by atoms with E-state index in [0.717, 1.165) is 18.2 Å². The van der Waals surface area contributed by atoms with Gasteiger partial charge >= 0.3 is 12.1 Å². The topological polar surface area (TPSA) is 95.2 Å². The Bertz CT molecular complexity index is 1300. The summed E-state index contributed by atoms with van der Waals surface area (Å²) in [6.45, 7) is 1.70. The molecule has 1 aliphatic rings. The number of hydrogen-bond donors (Lipinski definition) is 1. The third kappa shape index (κ3) is 4.75. The SMILES string of the molecule is CCc1ccc(C(=O)O)cc1S(=O)(=O)Cc1cc(C(F)(F)F)ccc1C1=CC=C(C#N)C1. The molecule has 1 N–H and O–H groups in total. The number of nitrogens with zero attached hydrogens (tertiary/aromatic N) is 1. The smallest absolute Gasteiger partial charge is 0.416 e. The second kappa shape index (κ2) is 8.63. The first-order chi connectivity index (χ1) is 15.0. The van der Waals surface area contributed by atoms with Crippen molar-refractivity contribution in [1.82, 2.24) is 0 Å². The molecule has 0 fully saturated rings. The van der Waals surface area contributed by atoms with Gasteiger partial charge in [0.25, 0.3) is 0 Å². The standard InChI is InChI=1S/C23H18F3NO4S/c1-2-15-5-6-17(22(28)29)11-21(15)32(30,31)13-18-10-19(23(24,25)26)7-8-20(18)16-4-3-14(9-16)12-27/h3-8,10-11H,2,9,13H2,1H3,(H,28,29). The van der Waals surface area contributed by atoms with Crippen molar-refractivity contribution in [3.63, 3.8) is 0 Å². The van der Waals surface area contributed by atoms with Crippen molar-refractivity contribution in [2.24, 2.45) is 0 Å². The maximum atomic E-state index is 13.3. The quantitative estimate of drug-likeness (QED) is 0.640. The zero-order valence-electron chi connectivity index (χ0n) is 16.9. The van der Waals surface area contributed by atoms with Crippen LogP contribution in [0, 0.1) is 11.3 Å². The number of carboxylic acids is 1. The Labute approximate surface area is 183 Å². The zero-order chi connectivity index (χ0) is 23.7. The molecule has 0 spiro atoms. The van der Waals surface area contributed by atoms with Crippen molar-refractivity contribution >= 4 is 21.4 Å². The summed E-state index contributed by atoms with van der Waals surface area (Å²) in [4.78, 5) is 11.1. The van der Waals surface area contributed by atoms with Crippen LogP contribution in [0.4, 0.5) is 13.2 Å². The van der Waals surface area contributed by atoms with Gasteiger partial charge < -0.3 is 5.11 Å². The number of rotatable bonds is 6. The Kier molecular flexibility index (Phi) is 6.28. The van der Waals surface area contributed by atoms with Crippen molar-refractivity contribution in [3.8, 4) is 6.07 Å². The van der Waals surface area contributed by atoms with Gasteiger partial charge in [-0.3, -0.25) is 0 Å². The summed E-state index contributed by atoms with van der Waals surface area (Å²) in [7, 11) is -4.19. The number of benzene rings is 2. The van der Waals surface area contributed by atoms with Gasteiger partial charge in [-0.25, -0.2) is 13.2 Å². The molecule has 9 heteroatoms. The number of allylic oxidation sites excluding steroid dienone is 4. The van der Waals surface area contributed by atoms with Crippen LogP contribution < -0.4 is 0 Å². The second-order valence-corrected chi connectivity index (χ2v) is 9.24. The lowest BCUT2D eigenvalue weighted by molar-refractivity contribution is -0.137. The number of sulfone groups is 1. The van der Waals surface area contributed by atoms with Crippen molar-refractivity contribution < 1.29 is 31.5 Å². The van der Waals surface area contributed by atoms with Crippen molar-refractivity contribution in [3.05, 3.63) is 81.9 Å². The summed E-state index contributed by atoms with van der Waals surface area (Å²) >= 11 is 0. The highest BCUT2D eigenvalue weighted by atomic mass is 32.2. The molecule has 0 atom stereocenters. The highest BCUT2D eigenvalue weighted by molar-refractivity contribution is 7.90. The number of halogens is 3. The van der Waals surface area contributed by atoms with E-state index in [9.17, 15) is 31.5 Å². The van der Waals surface area contributed by atoms with Gasteiger partial charge in [0.05, 0.1) is 27.8 Å². The van der Waals surface area contributed by atoms with Crippen LogP contribution in [0.25, 0.3) is 5.57 Å². The van der Waals surface area contributed by atoms with E-state index in [0.29, 0.717) is 28.7 Å². The van der Waals surface area contributed by atoms with Crippen molar-refractivity contribution in [2.75, 3.05) is 0 Å². The van der Waals surface area contributed by atoms with Crippen molar-refractivity contribution in [1.29, 1.82) is 5.26 Å². The lowest BCUT2D eigenvalue weighted by atomic mass is 9.96. The summed E-state index contributed by atoms with van der Waals surface area (Å²) in [5.74, 6) is -2.06. The third-order valence-electron chi connectivity index (χ3n) is 5.16. The molecule has 0 heterocycles. The van der Waals surface area contributed by atoms with E-state index in [1.54, 1.807) is 13.0 Å². The number of carbonyl (C=O) groups is 1. The van der Waals surface area contributed by atoms with Crippen LogP contribution in [0.5, 0.6) is 0 Å². The number of hydrogen-bond acceptors (Lipinski definition) is 4. The van der Waals surface area contributed by atoms with Gasteiger partial charge in [-0.05, 0) is 59.0 Å². The van der Waals surface area contributed by atoms with Gasteiger partial charge in [-0.2, -0.15) is 18.4 Å². The summed E-state index contributed by atoms with van der Waals surface area (Å²) < 4.78 is 66.5. The second-order valence-electron chi connectivity index (χ2n) is 7.28. The molecule has 2 aromatic rings. The molecule has 0 aromatic heterocycles. The molecule has 0 unspecified atom stereocenters. The molecule has 0 bridgehead atoms. The minimum absolute atomic E-state index is 0.0681. The molecule has 0 saturated heterocycles. The van der Waals surface area contributed by atoms with Gasteiger partial charge in [0.2, 0.25) is 0 Å². The molecule has 5 nitrogen and oxygen atoms in total. The largest absolute Gasteiger partial charge is 0.478 e. The Morgan fingerprint density at radius 3 is 2.41 bits per heavy atom. The van der Waals surface area contributed by atoms with Gasteiger partial charge in [0, 0.05) is 12.0 Å². The lowest BCUT2D eigenvalue weighted by Gasteiger charge is -2.16. The fraction of sp³-hybridized carbons (Fsp3) is 0.217. The molecule has 1 aliphatic carbocycles. The molecule has 0 saturated carbocycles. The first-order valence-electron chi connectivity index (χ1n) is 9.55. The fourth-order valence-electron chi connectivity index (χ4n) is 3.54. The summed E-state index contributed by atoms with van der Waals surface area (Å²) in [6, 6.07) is 8.58. The normalized spacial score (nSPS) is 14.0. The van der Waals surface area contributed by atoms with Crippen LogP contribution >= 0.6 is 0 Å². The molecule has 166 valence electrons. The van der Waals surface area contributed by atoms with Crippen LogP contribution in [0.2, 0.25) is 0 Å². The molecule has 0 amide bonds. The van der Waals surface area contributed by atoms with E-state index in [1.807, 2.05) is 6.07 Å². The van der Waals surface area contributed by atoms with E-state index >= 15 is 0 Å². The summed E-state index contributed by atoms with van der Waals surface area (Å²) in [6.07, 6.45) is -1.07. The van der Waals surface area contributed by atoms with E-state index < -0.39 is 33.3 Å². The van der Waals surface area contributed by atoms with E-state index in [4.69, 9.17) is 5.26 Å². The molecule has 3 rings (SSSR count). The molecule has 0 aliphatic heterocycles. The van der Waals surface area contributed by atoms with Gasteiger partial charge in [-0.1, -0.05) is 25.1 Å². The number of alkyl halides is 3. The Hall–Kier alpha value is -3.38. The molecular formula is C23H18F3NO4S. The van der Waals surface area contributed by atoms with E-state index in [-0.39, 0.29) is 22.4 Å². The first-order valence-corrected chi connectivity index (χ1v) is 11.2. The predicted molar refractivity (Wildman–Crippen MR) is 111 cm³/mol. The van der Waals surface area contributed by atoms with Crippen LogP contribution in [-0.4, -0.2) is 19.5 Å². The molecule has 2 aromatic carbocycles. The van der Waals surface area contributed by atoms with E-state index in [1.165, 1.54) is 24.3 Å². The maximum absolute atomic E-state index is 13.3. The lowest BCUT2D eigenvalue weighted by Crippen LogP contribution is -2.13. The van der Waals surface area contributed by atoms with Crippen LogP contribution in [0.15, 0.2) is 59.0 Å². The minimum Gasteiger partial charge on any atom is -0.478 e. The van der Waals surface area contributed by atoms with Crippen LogP contribution in [0.1, 0.15) is 46.0 Å². The Morgan fingerprint density at radius 2 is 1.84 bits per heavy atom. The summed E-state index contributed by atoms with van der Waals surface area (Å²) in [5.41, 5.74) is 0.334. The van der Waals surface area contributed by atoms with Crippen LogP contribution in [-0.2, 0) is 28.2 Å². The van der Waals surface area contributed by atoms with Gasteiger partial charge in [-0.15, -0.1) is 0 Å². The average Bonchev–Trinajstić information content (AvgIpc) is 3.21. The number of carboxylic acid groups (broad SMARTS) is 1. The molecular weight excluding hydrogens is 443 g/mol. The highest BCUT2D eigenvalue weighted by Gasteiger charge is 2.32. The minimum atomic E-state index is -4.67. The number of aromatic carboxylic acids is 1. The Morgan fingerprint density at radius 1 is 1.12 bits per heavy atom. The number of aryl methyl sites for hydroxylation is 1.